The van der Waals surface area contributed by atoms with Crippen LogP contribution < -0.4 is 5.32 Å². The highest BCUT2D eigenvalue weighted by molar-refractivity contribution is 7.99. The minimum atomic E-state index is -1.09. The topological polar surface area (TPSA) is 49.3 Å². The maximum absolute atomic E-state index is 11.4. The lowest BCUT2D eigenvalue weighted by molar-refractivity contribution is -0.123. The molecular formula is C13H16ClNO2S. The highest BCUT2D eigenvalue weighted by Crippen LogP contribution is 2.39. The molecule has 1 aliphatic heterocycles. The Labute approximate surface area is 116 Å². The van der Waals surface area contributed by atoms with Crippen LogP contribution in [0, 0.1) is 5.92 Å². The maximum atomic E-state index is 11.4. The van der Waals surface area contributed by atoms with E-state index in [1.165, 1.54) is 0 Å². The van der Waals surface area contributed by atoms with Crippen LogP contribution in [-0.4, -0.2) is 16.8 Å². The number of aliphatic hydroxyl groups excluding tert-OH is 1. The van der Waals surface area contributed by atoms with E-state index in [2.05, 4.69) is 19.2 Å². The fraction of sp³-hybridized carbons (Fsp3) is 0.462. The van der Waals surface area contributed by atoms with Gasteiger partial charge in [-0.05, 0) is 18.1 Å². The Kier molecular flexibility index (Phi) is 4.20. The van der Waals surface area contributed by atoms with Crippen molar-refractivity contribution in [3.8, 4) is 0 Å². The third-order valence-corrected chi connectivity index (χ3v) is 4.93. The number of carbonyl (C=O) groups is 1. The Hall–Kier alpha value is -0.710. The van der Waals surface area contributed by atoms with Crippen molar-refractivity contribution in [3.05, 3.63) is 22.7 Å². The summed E-state index contributed by atoms with van der Waals surface area (Å²) < 4.78 is 0. The number of nitrogens with one attached hydrogen (secondary N) is 1. The van der Waals surface area contributed by atoms with Gasteiger partial charge in [0.2, 0.25) is 0 Å². The van der Waals surface area contributed by atoms with Crippen LogP contribution in [0.15, 0.2) is 17.0 Å². The van der Waals surface area contributed by atoms with E-state index >= 15 is 0 Å². The standard InChI is InChI=1S/C13H16ClNO2S/c1-3-7(2)6-18-11-5-10-8(4-9(11)14)12(16)13(17)15-10/h4-5,7,12,16H,3,6H2,1-2H3,(H,15,17). The highest BCUT2D eigenvalue weighted by Gasteiger charge is 2.29. The number of amides is 1. The van der Waals surface area contributed by atoms with E-state index in [-0.39, 0.29) is 5.91 Å². The molecule has 1 aromatic carbocycles. The van der Waals surface area contributed by atoms with Gasteiger partial charge in [0.15, 0.2) is 6.10 Å². The van der Waals surface area contributed by atoms with Crippen LogP contribution in [0.25, 0.3) is 0 Å². The molecule has 0 spiro atoms. The molecule has 2 atom stereocenters. The molecule has 98 valence electrons. The average molecular weight is 286 g/mol. The van der Waals surface area contributed by atoms with Gasteiger partial charge in [-0.25, -0.2) is 0 Å². The highest BCUT2D eigenvalue weighted by atomic mass is 35.5. The summed E-state index contributed by atoms with van der Waals surface area (Å²) in [4.78, 5) is 12.3. The van der Waals surface area contributed by atoms with E-state index in [0.29, 0.717) is 22.2 Å². The van der Waals surface area contributed by atoms with E-state index in [4.69, 9.17) is 11.6 Å². The van der Waals surface area contributed by atoms with Crippen molar-refractivity contribution in [2.75, 3.05) is 11.1 Å². The second-order valence-corrected chi connectivity index (χ2v) is 6.06. The summed E-state index contributed by atoms with van der Waals surface area (Å²) in [6.07, 6.45) is 0.0384. The van der Waals surface area contributed by atoms with Gasteiger partial charge in [0.1, 0.15) is 0 Å². The average Bonchev–Trinajstić information content (AvgIpc) is 2.62. The minimum Gasteiger partial charge on any atom is -0.378 e. The molecular weight excluding hydrogens is 270 g/mol. The van der Waals surface area contributed by atoms with Gasteiger partial charge in [-0.2, -0.15) is 0 Å². The van der Waals surface area contributed by atoms with Crippen LogP contribution in [0.1, 0.15) is 31.9 Å². The monoisotopic (exact) mass is 285 g/mol. The molecule has 3 nitrogen and oxygen atoms in total. The zero-order valence-corrected chi connectivity index (χ0v) is 11.9. The number of fused-ring (bicyclic) bond motifs is 1. The van der Waals surface area contributed by atoms with Crippen molar-refractivity contribution in [2.45, 2.75) is 31.3 Å². The van der Waals surface area contributed by atoms with Crippen LogP contribution >= 0.6 is 23.4 Å². The molecule has 18 heavy (non-hydrogen) atoms. The van der Waals surface area contributed by atoms with Crippen molar-refractivity contribution in [2.24, 2.45) is 5.92 Å². The minimum absolute atomic E-state index is 0.384. The molecule has 0 aliphatic carbocycles. The van der Waals surface area contributed by atoms with Crippen LogP contribution in [0.5, 0.6) is 0 Å². The molecule has 2 N–H and O–H groups in total. The fourth-order valence-corrected chi connectivity index (χ4v) is 3.14. The van der Waals surface area contributed by atoms with Gasteiger partial charge in [0.05, 0.1) is 5.02 Å². The first kappa shape index (κ1) is 13.7. The van der Waals surface area contributed by atoms with Gasteiger partial charge in [-0.3, -0.25) is 4.79 Å². The molecule has 0 aromatic heterocycles. The Morgan fingerprint density at radius 3 is 2.94 bits per heavy atom. The second kappa shape index (κ2) is 5.51. The first-order chi connectivity index (χ1) is 8.52. The zero-order chi connectivity index (χ0) is 13.3. The van der Waals surface area contributed by atoms with Gasteiger partial charge in [-0.15, -0.1) is 11.8 Å². The number of carbonyl (C=O) groups excluding carboxylic acids is 1. The number of hydrogen-bond donors (Lipinski definition) is 2. The molecule has 0 radical (unpaired) electrons. The Bertz CT molecular complexity index is 478. The smallest absolute Gasteiger partial charge is 0.257 e. The predicted molar refractivity (Wildman–Crippen MR) is 75.2 cm³/mol. The number of thioether (sulfide) groups is 1. The molecule has 0 saturated carbocycles. The zero-order valence-electron chi connectivity index (χ0n) is 10.4. The van der Waals surface area contributed by atoms with E-state index in [1.807, 2.05) is 6.07 Å². The number of halogens is 1. The van der Waals surface area contributed by atoms with Gasteiger partial charge < -0.3 is 10.4 Å². The molecule has 2 unspecified atom stereocenters. The summed E-state index contributed by atoms with van der Waals surface area (Å²) in [7, 11) is 0. The fourth-order valence-electron chi connectivity index (χ4n) is 1.71. The van der Waals surface area contributed by atoms with Crippen LogP contribution in [-0.2, 0) is 4.79 Å². The number of anilines is 1. The molecule has 2 rings (SSSR count). The van der Waals surface area contributed by atoms with Gasteiger partial charge in [-0.1, -0.05) is 31.9 Å². The van der Waals surface area contributed by atoms with E-state index in [0.717, 1.165) is 17.1 Å². The summed E-state index contributed by atoms with van der Waals surface area (Å²) in [5.74, 6) is 1.23. The molecule has 1 heterocycles. The Balaban J connectivity index is 2.19. The summed E-state index contributed by atoms with van der Waals surface area (Å²) in [5.41, 5.74) is 1.24. The Morgan fingerprint density at radius 1 is 1.56 bits per heavy atom. The first-order valence-corrected chi connectivity index (χ1v) is 7.34. The first-order valence-electron chi connectivity index (χ1n) is 5.98. The molecule has 0 fully saturated rings. The lowest BCUT2D eigenvalue weighted by Gasteiger charge is -2.11. The van der Waals surface area contributed by atoms with Gasteiger partial charge >= 0.3 is 0 Å². The van der Waals surface area contributed by atoms with Crippen molar-refractivity contribution in [3.63, 3.8) is 0 Å². The lowest BCUT2D eigenvalue weighted by atomic mass is 10.1. The lowest BCUT2D eigenvalue weighted by Crippen LogP contribution is -2.10. The van der Waals surface area contributed by atoms with Crippen molar-refractivity contribution >= 4 is 35.0 Å². The van der Waals surface area contributed by atoms with Crippen LogP contribution in [0.2, 0.25) is 5.02 Å². The number of aliphatic hydroxyl groups is 1. The van der Waals surface area contributed by atoms with Gasteiger partial charge in [0.25, 0.3) is 5.91 Å². The van der Waals surface area contributed by atoms with Crippen molar-refractivity contribution < 1.29 is 9.90 Å². The summed E-state index contributed by atoms with van der Waals surface area (Å²) >= 11 is 7.86. The second-order valence-electron chi connectivity index (χ2n) is 4.59. The number of rotatable bonds is 4. The molecule has 0 saturated heterocycles. The molecule has 1 amide bonds. The SMILES string of the molecule is CCC(C)CSc1cc2c(cc1Cl)C(O)C(=O)N2. The third kappa shape index (κ3) is 2.66. The normalized spacial score (nSPS) is 19.6. The maximum Gasteiger partial charge on any atom is 0.257 e. The van der Waals surface area contributed by atoms with E-state index in [9.17, 15) is 9.90 Å². The summed E-state index contributed by atoms with van der Waals surface area (Å²) in [6, 6.07) is 3.53. The van der Waals surface area contributed by atoms with Crippen molar-refractivity contribution in [1.29, 1.82) is 0 Å². The molecule has 0 bridgehead atoms. The van der Waals surface area contributed by atoms with Crippen LogP contribution in [0.3, 0.4) is 0 Å². The molecule has 1 aromatic rings. The number of hydrogen-bond acceptors (Lipinski definition) is 3. The third-order valence-electron chi connectivity index (χ3n) is 3.13. The quantitative estimate of drug-likeness (QED) is 0.833. The summed E-state index contributed by atoms with van der Waals surface area (Å²) in [6.45, 7) is 4.35. The Morgan fingerprint density at radius 2 is 2.28 bits per heavy atom. The predicted octanol–water partition coefficient (Wildman–Crippen LogP) is 3.46. The van der Waals surface area contributed by atoms with Crippen molar-refractivity contribution in [1.82, 2.24) is 0 Å². The largest absolute Gasteiger partial charge is 0.378 e. The summed E-state index contributed by atoms with van der Waals surface area (Å²) in [5, 5.41) is 12.9. The number of benzene rings is 1. The van der Waals surface area contributed by atoms with Crippen LogP contribution in [0.4, 0.5) is 5.69 Å². The molecule has 5 heteroatoms. The van der Waals surface area contributed by atoms with Gasteiger partial charge in [0, 0.05) is 21.9 Å². The van der Waals surface area contributed by atoms with E-state index in [1.54, 1.807) is 17.8 Å². The molecule has 1 aliphatic rings. The van der Waals surface area contributed by atoms with E-state index < -0.39 is 6.10 Å².